The predicted molar refractivity (Wildman–Crippen MR) is 90.6 cm³/mol. The van der Waals surface area contributed by atoms with Gasteiger partial charge >= 0.3 is 0 Å². The van der Waals surface area contributed by atoms with E-state index >= 15 is 0 Å². The van der Waals surface area contributed by atoms with E-state index in [1.165, 1.54) is 51.4 Å². The van der Waals surface area contributed by atoms with Crippen LogP contribution < -0.4 is 0 Å². The maximum absolute atomic E-state index is 12.5. The molecule has 2 heterocycles. The standard InChI is InChI=1S/C19H29N3O2/c23-17(10-9-14-5-1-2-6-14)22-12-11-16(13-22)19-20-18(21-24-19)15-7-3-4-8-15/h14-16H,1-13H2/t16-/m0/s1. The van der Waals surface area contributed by atoms with Gasteiger partial charge in [0.2, 0.25) is 11.8 Å². The van der Waals surface area contributed by atoms with Crippen LogP contribution in [0.5, 0.6) is 0 Å². The molecule has 1 aliphatic heterocycles. The van der Waals surface area contributed by atoms with Crippen LogP contribution in [0.4, 0.5) is 0 Å². The van der Waals surface area contributed by atoms with Gasteiger partial charge in [-0.05, 0) is 31.6 Å². The molecule has 1 amide bonds. The lowest BCUT2D eigenvalue weighted by molar-refractivity contribution is -0.130. The van der Waals surface area contributed by atoms with Gasteiger partial charge in [-0.3, -0.25) is 4.79 Å². The maximum Gasteiger partial charge on any atom is 0.231 e. The van der Waals surface area contributed by atoms with E-state index < -0.39 is 0 Å². The lowest BCUT2D eigenvalue weighted by Crippen LogP contribution is -2.28. The SMILES string of the molecule is O=C(CCC1CCCC1)N1CC[C@H](c2nc(C3CCCC3)no2)C1. The third kappa shape index (κ3) is 3.50. The Hall–Kier alpha value is -1.39. The van der Waals surface area contributed by atoms with Crippen LogP contribution in [-0.2, 0) is 4.79 Å². The van der Waals surface area contributed by atoms with Crippen LogP contribution in [0.15, 0.2) is 4.52 Å². The largest absolute Gasteiger partial charge is 0.342 e. The summed E-state index contributed by atoms with van der Waals surface area (Å²) in [6.07, 6.45) is 13.0. The number of amides is 1. The molecule has 3 fully saturated rings. The van der Waals surface area contributed by atoms with Crippen molar-refractivity contribution in [1.29, 1.82) is 0 Å². The fourth-order valence-corrected chi connectivity index (χ4v) is 4.74. The second kappa shape index (κ2) is 7.24. The van der Waals surface area contributed by atoms with E-state index in [-0.39, 0.29) is 5.92 Å². The zero-order valence-electron chi connectivity index (χ0n) is 14.6. The van der Waals surface area contributed by atoms with Crippen LogP contribution >= 0.6 is 0 Å². The van der Waals surface area contributed by atoms with E-state index in [1.54, 1.807) is 0 Å². The van der Waals surface area contributed by atoms with Crippen LogP contribution in [0.2, 0.25) is 0 Å². The van der Waals surface area contributed by atoms with Crippen LogP contribution in [0.3, 0.4) is 0 Å². The molecule has 0 radical (unpaired) electrons. The molecule has 5 nitrogen and oxygen atoms in total. The lowest BCUT2D eigenvalue weighted by Gasteiger charge is -2.17. The second-order valence-corrected chi connectivity index (χ2v) is 7.99. The van der Waals surface area contributed by atoms with Gasteiger partial charge in [0.05, 0.1) is 5.92 Å². The highest BCUT2D eigenvalue weighted by molar-refractivity contribution is 5.76. The summed E-state index contributed by atoms with van der Waals surface area (Å²) in [4.78, 5) is 19.1. The molecule has 1 aromatic rings. The van der Waals surface area contributed by atoms with Gasteiger partial charge in [0.25, 0.3) is 0 Å². The van der Waals surface area contributed by atoms with Crippen LogP contribution in [-0.4, -0.2) is 34.0 Å². The summed E-state index contributed by atoms with van der Waals surface area (Å²) in [6.45, 7) is 1.60. The highest BCUT2D eigenvalue weighted by Crippen LogP contribution is 2.34. The van der Waals surface area contributed by atoms with Gasteiger partial charge in [-0.25, -0.2) is 0 Å². The Kier molecular flexibility index (Phi) is 4.86. The summed E-state index contributed by atoms with van der Waals surface area (Å²) in [6, 6.07) is 0. The first kappa shape index (κ1) is 16.1. The first-order valence-corrected chi connectivity index (χ1v) is 9.91. The number of hydrogen-bond donors (Lipinski definition) is 0. The van der Waals surface area contributed by atoms with Crippen molar-refractivity contribution < 1.29 is 9.32 Å². The van der Waals surface area contributed by atoms with Gasteiger partial charge in [0.15, 0.2) is 5.82 Å². The second-order valence-electron chi connectivity index (χ2n) is 7.99. The van der Waals surface area contributed by atoms with Crippen LogP contribution in [0, 0.1) is 5.92 Å². The van der Waals surface area contributed by atoms with Gasteiger partial charge in [-0.1, -0.05) is 43.7 Å². The number of rotatable bonds is 5. The fraction of sp³-hybridized carbons (Fsp3) is 0.842. The Balaban J connectivity index is 1.28. The van der Waals surface area contributed by atoms with Crippen LogP contribution in [0.25, 0.3) is 0 Å². The topological polar surface area (TPSA) is 59.2 Å². The van der Waals surface area contributed by atoms with Gasteiger partial charge in [0.1, 0.15) is 0 Å². The normalized spacial score (nSPS) is 25.8. The molecule has 0 bridgehead atoms. The molecule has 5 heteroatoms. The Morgan fingerprint density at radius 1 is 1.04 bits per heavy atom. The van der Waals surface area contributed by atoms with Crippen molar-refractivity contribution in [1.82, 2.24) is 15.0 Å². The Bertz CT molecular complexity index is 559. The summed E-state index contributed by atoms with van der Waals surface area (Å²) in [5.74, 6) is 3.49. The smallest absolute Gasteiger partial charge is 0.231 e. The molecule has 1 atom stereocenters. The summed E-state index contributed by atoms with van der Waals surface area (Å²) in [5, 5.41) is 4.21. The van der Waals surface area contributed by atoms with Gasteiger partial charge in [-0.2, -0.15) is 4.98 Å². The average molecular weight is 331 g/mol. The monoisotopic (exact) mass is 331 g/mol. The van der Waals surface area contributed by atoms with Crippen molar-refractivity contribution in [3.05, 3.63) is 11.7 Å². The molecule has 0 aromatic carbocycles. The number of carbonyl (C=O) groups excluding carboxylic acids is 1. The number of nitrogens with zero attached hydrogens (tertiary/aromatic N) is 3. The summed E-state index contributed by atoms with van der Waals surface area (Å²) in [5.41, 5.74) is 0. The van der Waals surface area contributed by atoms with Crippen LogP contribution in [0.1, 0.15) is 94.2 Å². The van der Waals surface area contributed by atoms with Gasteiger partial charge in [0, 0.05) is 25.4 Å². The van der Waals surface area contributed by atoms with Gasteiger partial charge in [-0.15, -0.1) is 0 Å². The molecule has 24 heavy (non-hydrogen) atoms. The number of aromatic nitrogens is 2. The molecule has 2 aliphatic carbocycles. The zero-order valence-corrected chi connectivity index (χ0v) is 14.6. The Morgan fingerprint density at radius 3 is 2.58 bits per heavy atom. The summed E-state index contributed by atoms with van der Waals surface area (Å²) >= 11 is 0. The molecule has 1 aromatic heterocycles. The fourth-order valence-electron chi connectivity index (χ4n) is 4.74. The van der Waals surface area contributed by atoms with Crippen molar-refractivity contribution in [2.75, 3.05) is 13.1 Å². The zero-order chi connectivity index (χ0) is 16.4. The van der Waals surface area contributed by atoms with Gasteiger partial charge < -0.3 is 9.42 Å². The molecule has 1 saturated heterocycles. The first-order valence-electron chi connectivity index (χ1n) is 9.91. The lowest BCUT2D eigenvalue weighted by atomic mass is 10.0. The summed E-state index contributed by atoms with van der Waals surface area (Å²) in [7, 11) is 0. The van der Waals surface area contributed by atoms with Crippen molar-refractivity contribution in [3.63, 3.8) is 0 Å². The molecule has 4 rings (SSSR count). The molecule has 0 N–H and O–H groups in total. The predicted octanol–water partition coefficient (Wildman–Crippen LogP) is 4.01. The van der Waals surface area contributed by atoms with E-state index in [2.05, 4.69) is 10.1 Å². The third-order valence-electron chi connectivity index (χ3n) is 6.31. The Morgan fingerprint density at radius 2 is 1.79 bits per heavy atom. The van der Waals surface area contributed by atoms with E-state index in [0.29, 0.717) is 18.2 Å². The minimum Gasteiger partial charge on any atom is -0.342 e. The Labute approximate surface area is 144 Å². The van der Waals surface area contributed by atoms with E-state index in [4.69, 9.17) is 4.52 Å². The quantitative estimate of drug-likeness (QED) is 0.818. The molecular formula is C19H29N3O2. The molecule has 3 aliphatic rings. The third-order valence-corrected chi connectivity index (χ3v) is 6.31. The summed E-state index contributed by atoms with van der Waals surface area (Å²) < 4.78 is 5.53. The molecular weight excluding hydrogens is 302 g/mol. The highest BCUT2D eigenvalue weighted by atomic mass is 16.5. The van der Waals surface area contributed by atoms with E-state index in [1.807, 2.05) is 4.90 Å². The molecule has 132 valence electrons. The molecule has 0 spiro atoms. The minimum atomic E-state index is 0.239. The van der Waals surface area contributed by atoms with Crippen molar-refractivity contribution in [2.45, 2.75) is 82.5 Å². The van der Waals surface area contributed by atoms with Crippen molar-refractivity contribution in [3.8, 4) is 0 Å². The van der Waals surface area contributed by atoms with Crippen molar-refractivity contribution in [2.24, 2.45) is 5.92 Å². The number of likely N-dealkylation sites (tertiary alicyclic amines) is 1. The maximum atomic E-state index is 12.5. The molecule has 0 unspecified atom stereocenters. The molecule has 2 saturated carbocycles. The minimum absolute atomic E-state index is 0.239. The van der Waals surface area contributed by atoms with Crippen molar-refractivity contribution >= 4 is 5.91 Å². The number of carbonyl (C=O) groups is 1. The number of hydrogen-bond acceptors (Lipinski definition) is 4. The van der Waals surface area contributed by atoms with E-state index in [0.717, 1.165) is 43.6 Å². The average Bonchev–Trinajstić information content (AvgIpc) is 3.40. The first-order chi connectivity index (χ1) is 11.8. The van der Waals surface area contributed by atoms with E-state index in [9.17, 15) is 4.79 Å². The highest BCUT2D eigenvalue weighted by Gasteiger charge is 2.32.